The highest BCUT2D eigenvalue weighted by Gasteiger charge is 2.61. The second-order valence-electron chi connectivity index (χ2n) is 6.87. The van der Waals surface area contributed by atoms with Gasteiger partial charge in [-0.2, -0.15) is 13.2 Å². The number of carbonyl (C=O) groups excluding carboxylic acids is 1. The molecule has 0 saturated heterocycles. The van der Waals surface area contributed by atoms with Gasteiger partial charge in [-0.25, -0.2) is 9.37 Å². The fraction of sp³-hybridized carbons (Fsp3) is 0.158. The van der Waals surface area contributed by atoms with Crippen LogP contribution in [0.3, 0.4) is 0 Å². The SMILES string of the molecule is NC(=O)C1=C(F)CC(c2ccccc2Oc2ncc(C(F)(F)F)cc2Cl)([N+](=O)[O-])C([N+](=O)[O-])=C1. The Balaban J connectivity index is 2.19. The molecule has 1 amide bonds. The van der Waals surface area contributed by atoms with Gasteiger partial charge in [0.05, 0.1) is 28.0 Å². The van der Waals surface area contributed by atoms with Gasteiger partial charge < -0.3 is 10.5 Å². The quantitative estimate of drug-likeness (QED) is 0.351. The molecule has 3 rings (SSSR count). The maximum atomic E-state index is 14.7. The molecule has 1 heterocycles. The molecule has 0 aliphatic heterocycles. The summed E-state index contributed by atoms with van der Waals surface area (Å²) in [5.41, 5.74) is -1.71. The van der Waals surface area contributed by atoms with Crippen molar-refractivity contribution >= 4 is 17.5 Å². The van der Waals surface area contributed by atoms with Gasteiger partial charge in [0.2, 0.25) is 5.88 Å². The molecule has 10 nitrogen and oxygen atoms in total. The van der Waals surface area contributed by atoms with Crippen molar-refractivity contribution in [1.82, 2.24) is 4.98 Å². The number of rotatable bonds is 6. The number of primary amides is 1. The molecule has 1 aromatic heterocycles. The number of benzene rings is 1. The van der Waals surface area contributed by atoms with Gasteiger partial charge in [0, 0.05) is 17.2 Å². The molecule has 0 spiro atoms. The number of halogens is 5. The zero-order chi connectivity index (χ0) is 25.4. The smallest absolute Gasteiger partial charge is 0.417 e. The van der Waals surface area contributed by atoms with Crippen molar-refractivity contribution in [2.75, 3.05) is 0 Å². The van der Waals surface area contributed by atoms with E-state index in [2.05, 4.69) is 4.98 Å². The molecular formula is C19H11ClF4N4O6. The maximum absolute atomic E-state index is 14.7. The Hall–Kier alpha value is -4.07. The van der Waals surface area contributed by atoms with Crippen molar-refractivity contribution in [1.29, 1.82) is 0 Å². The molecule has 1 aliphatic rings. The highest BCUT2D eigenvalue weighted by Crippen LogP contribution is 2.48. The van der Waals surface area contributed by atoms with Crippen molar-refractivity contribution in [2.45, 2.75) is 18.1 Å². The van der Waals surface area contributed by atoms with Crippen molar-refractivity contribution in [3.05, 3.63) is 96.1 Å². The van der Waals surface area contributed by atoms with Gasteiger partial charge in [0.15, 0.2) is 0 Å². The van der Waals surface area contributed by atoms with Gasteiger partial charge >= 0.3 is 17.4 Å². The van der Waals surface area contributed by atoms with Crippen molar-refractivity contribution in [2.24, 2.45) is 5.73 Å². The lowest BCUT2D eigenvalue weighted by Gasteiger charge is -2.27. The van der Waals surface area contributed by atoms with Crippen molar-refractivity contribution < 1.29 is 36.9 Å². The van der Waals surface area contributed by atoms with Crippen LogP contribution < -0.4 is 10.5 Å². The highest BCUT2D eigenvalue weighted by molar-refractivity contribution is 6.31. The first kappa shape index (κ1) is 24.6. The molecule has 178 valence electrons. The summed E-state index contributed by atoms with van der Waals surface area (Å²) in [6.07, 6.45) is -5.26. The third kappa shape index (κ3) is 4.26. The molecule has 1 aliphatic carbocycles. The number of hydrogen-bond acceptors (Lipinski definition) is 7. The summed E-state index contributed by atoms with van der Waals surface area (Å²) >= 11 is 5.82. The number of para-hydroxylation sites is 1. The van der Waals surface area contributed by atoms with E-state index in [0.717, 1.165) is 12.1 Å². The van der Waals surface area contributed by atoms with Crippen LogP contribution in [0.4, 0.5) is 17.6 Å². The summed E-state index contributed by atoms with van der Waals surface area (Å²) in [5, 5.41) is 23.3. The summed E-state index contributed by atoms with van der Waals surface area (Å²) in [4.78, 5) is 36.5. The van der Waals surface area contributed by atoms with E-state index in [-0.39, 0.29) is 0 Å². The van der Waals surface area contributed by atoms with Gasteiger partial charge in [0.1, 0.15) is 16.6 Å². The Kier molecular flexibility index (Phi) is 6.29. The van der Waals surface area contributed by atoms with E-state index in [1.54, 1.807) is 0 Å². The molecule has 0 fully saturated rings. The zero-order valence-electron chi connectivity index (χ0n) is 16.5. The van der Waals surface area contributed by atoms with E-state index in [1.807, 2.05) is 0 Å². The third-order valence-electron chi connectivity index (χ3n) is 4.86. The highest BCUT2D eigenvalue weighted by atomic mass is 35.5. The summed E-state index contributed by atoms with van der Waals surface area (Å²) in [7, 11) is 0. The van der Waals surface area contributed by atoms with Gasteiger partial charge in [-0.15, -0.1) is 0 Å². The first-order valence-electron chi connectivity index (χ1n) is 8.98. The first-order valence-corrected chi connectivity index (χ1v) is 9.36. The average Bonchev–Trinajstić information content (AvgIpc) is 2.73. The number of nitro groups is 2. The van der Waals surface area contributed by atoms with E-state index in [1.165, 1.54) is 12.1 Å². The predicted molar refractivity (Wildman–Crippen MR) is 106 cm³/mol. The van der Waals surface area contributed by atoms with Crippen LogP contribution in [0.1, 0.15) is 17.5 Å². The number of alkyl halides is 3. The van der Waals surface area contributed by atoms with Crippen LogP contribution >= 0.6 is 11.6 Å². The van der Waals surface area contributed by atoms with E-state index >= 15 is 0 Å². The molecule has 0 radical (unpaired) electrons. The van der Waals surface area contributed by atoms with Crippen LogP contribution in [0.2, 0.25) is 5.02 Å². The molecule has 1 unspecified atom stereocenters. The van der Waals surface area contributed by atoms with Crippen LogP contribution in [0.15, 0.2) is 59.7 Å². The Morgan fingerprint density at radius 3 is 2.41 bits per heavy atom. The topological polar surface area (TPSA) is 151 Å². The van der Waals surface area contributed by atoms with Gasteiger partial charge in [-0.05, 0) is 18.2 Å². The molecule has 34 heavy (non-hydrogen) atoms. The number of nitrogens with zero attached hydrogens (tertiary/aromatic N) is 3. The summed E-state index contributed by atoms with van der Waals surface area (Å²) in [6, 6.07) is 5.15. The molecule has 0 saturated carbocycles. The maximum Gasteiger partial charge on any atom is 0.417 e. The number of ether oxygens (including phenoxy) is 1. The summed E-state index contributed by atoms with van der Waals surface area (Å²) in [5.74, 6) is -3.83. The van der Waals surface area contributed by atoms with E-state index in [9.17, 15) is 42.6 Å². The Labute approximate surface area is 191 Å². The van der Waals surface area contributed by atoms with E-state index in [4.69, 9.17) is 22.1 Å². The molecule has 2 aromatic rings. The molecule has 2 N–H and O–H groups in total. The van der Waals surface area contributed by atoms with Crippen LogP contribution in [0.5, 0.6) is 11.6 Å². The number of amides is 1. The molecule has 1 aromatic carbocycles. The van der Waals surface area contributed by atoms with Crippen LogP contribution in [0, 0.1) is 20.2 Å². The lowest BCUT2D eigenvalue weighted by molar-refractivity contribution is -0.606. The third-order valence-corrected chi connectivity index (χ3v) is 5.13. The fourth-order valence-electron chi connectivity index (χ4n) is 3.30. The largest absolute Gasteiger partial charge is 0.437 e. The minimum Gasteiger partial charge on any atom is -0.437 e. The lowest BCUT2D eigenvalue weighted by Crippen LogP contribution is -2.43. The molecule has 1 atom stereocenters. The van der Waals surface area contributed by atoms with Crippen molar-refractivity contribution in [3.8, 4) is 11.6 Å². The number of nitrogens with two attached hydrogens (primary N) is 1. The first-order chi connectivity index (χ1) is 15.8. The second-order valence-corrected chi connectivity index (χ2v) is 7.28. The standard InChI is InChI=1S/C19H11ClF4N4O6/c20-12-5-9(19(22,23)24)8-26-17(12)34-14-4-2-1-3-11(14)18(28(32)33)7-13(21)10(16(25)29)6-15(18)27(30)31/h1-6,8H,7H2,(H2,25,29). The number of aromatic nitrogens is 1. The van der Waals surface area contributed by atoms with Crippen molar-refractivity contribution in [3.63, 3.8) is 0 Å². The average molecular weight is 503 g/mol. The Morgan fingerprint density at radius 2 is 1.88 bits per heavy atom. The normalized spacial score (nSPS) is 18.3. The summed E-state index contributed by atoms with van der Waals surface area (Å²) in [6.45, 7) is 0. The van der Waals surface area contributed by atoms with Crippen LogP contribution in [-0.4, -0.2) is 20.7 Å². The number of carbonyl (C=O) groups is 1. The van der Waals surface area contributed by atoms with E-state index < -0.39 is 78.8 Å². The van der Waals surface area contributed by atoms with Gasteiger partial charge in [-0.1, -0.05) is 23.7 Å². The van der Waals surface area contributed by atoms with Crippen LogP contribution in [-0.2, 0) is 16.5 Å². The van der Waals surface area contributed by atoms with Crippen LogP contribution in [0.25, 0.3) is 0 Å². The minimum atomic E-state index is -4.77. The predicted octanol–water partition coefficient (Wildman–Crippen LogP) is 4.29. The molecular weight excluding hydrogens is 492 g/mol. The second kappa shape index (κ2) is 8.70. The molecule has 15 heteroatoms. The molecule has 0 bridgehead atoms. The number of hydrogen-bond donors (Lipinski definition) is 1. The zero-order valence-corrected chi connectivity index (χ0v) is 17.3. The number of pyridine rings is 1. The monoisotopic (exact) mass is 502 g/mol. The van der Waals surface area contributed by atoms with E-state index in [0.29, 0.717) is 18.3 Å². The fourth-order valence-corrected chi connectivity index (χ4v) is 3.50. The lowest BCUT2D eigenvalue weighted by atomic mass is 9.78. The summed E-state index contributed by atoms with van der Waals surface area (Å²) < 4.78 is 58.6. The Morgan fingerprint density at radius 1 is 1.24 bits per heavy atom. The minimum absolute atomic E-state index is 0.365. The van der Waals surface area contributed by atoms with Gasteiger partial charge in [-0.3, -0.25) is 25.0 Å². The van der Waals surface area contributed by atoms with Gasteiger partial charge in [0.25, 0.3) is 5.91 Å². The Bertz CT molecular complexity index is 1280.